The zero-order valence-electron chi connectivity index (χ0n) is 13.2. The van der Waals surface area contributed by atoms with Gasteiger partial charge in [-0.3, -0.25) is 4.90 Å². The van der Waals surface area contributed by atoms with Gasteiger partial charge in [-0.1, -0.05) is 26.7 Å². The number of nitrogens with one attached hydrogen (secondary N) is 1. The van der Waals surface area contributed by atoms with Crippen molar-refractivity contribution in [3.8, 4) is 0 Å². The van der Waals surface area contributed by atoms with E-state index in [0.29, 0.717) is 0 Å². The quantitative estimate of drug-likeness (QED) is 0.824. The summed E-state index contributed by atoms with van der Waals surface area (Å²) < 4.78 is 0. The summed E-state index contributed by atoms with van der Waals surface area (Å²) in [5, 5.41) is 3.79. The summed E-state index contributed by atoms with van der Waals surface area (Å²) in [5.74, 6) is 0.930. The average molecular weight is 267 g/mol. The summed E-state index contributed by atoms with van der Waals surface area (Å²) in [4.78, 5) is 5.17. The number of hydrogen-bond donors (Lipinski definition) is 1. The van der Waals surface area contributed by atoms with Gasteiger partial charge in [-0.05, 0) is 32.2 Å². The molecule has 2 fully saturated rings. The molecule has 2 aliphatic rings. The van der Waals surface area contributed by atoms with Crippen LogP contribution in [-0.2, 0) is 0 Å². The van der Waals surface area contributed by atoms with Gasteiger partial charge in [-0.15, -0.1) is 0 Å². The van der Waals surface area contributed by atoms with Crippen LogP contribution < -0.4 is 5.32 Å². The fourth-order valence-electron chi connectivity index (χ4n) is 3.70. The maximum absolute atomic E-state index is 3.79. The lowest BCUT2D eigenvalue weighted by atomic mass is 9.87. The van der Waals surface area contributed by atoms with Crippen LogP contribution >= 0.6 is 0 Å². The van der Waals surface area contributed by atoms with Gasteiger partial charge >= 0.3 is 0 Å². The second-order valence-electron chi connectivity index (χ2n) is 6.77. The van der Waals surface area contributed by atoms with E-state index in [-0.39, 0.29) is 0 Å². The first-order chi connectivity index (χ1) is 9.19. The standard InChI is InChI=1S/C16H33N3/c1-4-16-13-19(11-10-18(16)3)9-8-17-15-7-5-6-14(2)12-15/h14-17H,4-13H2,1-3H3. The van der Waals surface area contributed by atoms with Gasteiger partial charge < -0.3 is 10.2 Å². The smallest absolute Gasteiger partial charge is 0.0218 e. The van der Waals surface area contributed by atoms with Gasteiger partial charge in [-0.2, -0.15) is 0 Å². The van der Waals surface area contributed by atoms with Gasteiger partial charge in [0, 0.05) is 44.8 Å². The minimum Gasteiger partial charge on any atom is -0.313 e. The normalized spacial score (nSPS) is 34.6. The largest absolute Gasteiger partial charge is 0.313 e. The molecule has 1 aliphatic heterocycles. The van der Waals surface area contributed by atoms with Crippen molar-refractivity contribution in [3.05, 3.63) is 0 Å². The Morgan fingerprint density at radius 2 is 2.05 bits per heavy atom. The number of likely N-dealkylation sites (N-methyl/N-ethyl adjacent to an activating group) is 1. The molecule has 1 saturated heterocycles. The third kappa shape index (κ3) is 4.73. The van der Waals surface area contributed by atoms with Crippen LogP contribution in [0.15, 0.2) is 0 Å². The van der Waals surface area contributed by atoms with E-state index in [1.807, 2.05) is 0 Å². The Morgan fingerprint density at radius 1 is 1.21 bits per heavy atom. The van der Waals surface area contributed by atoms with Crippen molar-refractivity contribution in [1.82, 2.24) is 15.1 Å². The lowest BCUT2D eigenvalue weighted by molar-refractivity contribution is 0.0927. The Hall–Kier alpha value is -0.120. The Labute approximate surface area is 119 Å². The SMILES string of the molecule is CCC1CN(CCNC2CCCC(C)C2)CCN1C. The van der Waals surface area contributed by atoms with Crippen LogP contribution in [0.3, 0.4) is 0 Å². The molecule has 1 N–H and O–H groups in total. The summed E-state index contributed by atoms with van der Waals surface area (Å²) in [7, 11) is 2.27. The highest BCUT2D eigenvalue weighted by Crippen LogP contribution is 2.23. The van der Waals surface area contributed by atoms with Crippen molar-refractivity contribution in [2.24, 2.45) is 5.92 Å². The van der Waals surface area contributed by atoms with E-state index in [9.17, 15) is 0 Å². The summed E-state index contributed by atoms with van der Waals surface area (Å²) in [5.41, 5.74) is 0. The van der Waals surface area contributed by atoms with E-state index < -0.39 is 0 Å². The second-order valence-corrected chi connectivity index (χ2v) is 6.77. The van der Waals surface area contributed by atoms with Gasteiger partial charge in [0.25, 0.3) is 0 Å². The maximum Gasteiger partial charge on any atom is 0.0218 e. The minimum absolute atomic E-state index is 0.767. The number of nitrogens with zero attached hydrogens (tertiary/aromatic N) is 2. The van der Waals surface area contributed by atoms with Crippen LogP contribution in [0.2, 0.25) is 0 Å². The molecule has 3 heteroatoms. The van der Waals surface area contributed by atoms with Crippen LogP contribution in [0.5, 0.6) is 0 Å². The Bertz CT molecular complexity index is 256. The van der Waals surface area contributed by atoms with Crippen molar-refractivity contribution >= 4 is 0 Å². The Morgan fingerprint density at radius 3 is 2.79 bits per heavy atom. The lowest BCUT2D eigenvalue weighted by Gasteiger charge is -2.39. The van der Waals surface area contributed by atoms with Crippen molar-refractivity contribution in [2.75, 3.05) is 39.8 Å². The average Bonchev–Trinajstić information content (AvgIpc) is 2.41. The molecule has 3 nitrogen and oxygen atoms in total. The first kappa shape index (κ1) is 15.3. The number of piperazine rings is 1. The van der Waals surface area contributed by atoms with Crippen LogP contribution in [0, 0.1) is 5.92 Å². The monoisotopic (exact) mass is 267 g/mol. The lowest BCUT2D eigenvalue weighted by Crippen LogP contribution is -2.52. The van der Waals surface area contributed by atoms with E-state index in [1.165, 1.54) is 64.8 Å². The third-order valence-electron chi connectivity index (χ3n) is 5.13. The fraction of sp³-hybridized carbons (Fsp3) is 1.00. The van der Waals surface area contributed by atoms with Crippen molar-refractivity contribution in [3.63, 3.8) is 0 Å². The molecule has 0 aromatic heterocycles. The fourth-order valence-corrected chi connectivity index (χ4v) is 3.70. The van der Waals surface area contributed by atoms with Gasteiger partial charge in [0.1, 0.15) is 0 Å². The highest BCUT2D eigenvalue weighted by atomic mass is 15.3. The number of rotatable bonds is 5. The number of hydrogen-bond acceptors (Lipinski definition) is 3. The van der Waals surface area contributed by atoms with E-state index in [4.69, 9.17) is 0 Å². The van der Waals surface area contributed by atoms with Crippen LogP contribution in [0.25, 0.3) is 0 Å². The molecule has 3 atom stereocenters. The molecule has 0 spiro atoms. The van der Waals surface area contributed by atoms with E-state index in [2.05, 4.69) is 36.0 Å². The van der Waals surface area contributed by atoms with E-state index in [0.717, 1.165) is 18.0 Å². The molecule has 112 valence electrons. The van der Waals surface area contributed by atoms with Crippen LogP contribution in [0.1, 0.15) is 46.0 Å². The summed E-state index contributed by atoms with van der Waals surface area (Å²) in [6.07, 6.45) is 6.92. The molecule has 0 bridgehead atoms. The summed E-state index contributed by atoms with van der Waals surface area (Å²) >= 11 is 0. The van der Waals surface area contributed by atoms with Gasteiger partial charge in [0.05, 0.1) is 0 Å². The van der Waals surface area contributed by atoms with Crippen molar-refractivity contribution < 1.29 is 0 Å². The molecule has 0 aromatic rings. The predicted octanol–water partition coefficient (Wildman–Crippen LogP) is 2.18. The minimum atomic E-state index is 0.767. The van der Waals surface area contributed by atoms with Gasteiger partial charge in [0.15, 0.2) is 0 Å². The highest BCUT2D eigenvalue weighted by Gasteiger charge is 2.23. The van der Waals surface area contributed by atoms with Crippen LogP contribution in [0.4, 0.5) is 0 Å². The highest BCUT2D eigenvalue weighted by molar-refractivity contribution is 4.80. The van der Waals surface area contributed by atoms with E-state index >= 15 is 0 Å². The molecule has 3 unspecified atom stereocenters. The van der Waals surface area contributed by atoms with Crippen LogP contribution in [-0.4, -0.2) is 61.7 Å². The molecular weight excluding hydrogens is 234 g/mol. The second kappa shape index (κ2) is 7.61. The molecule has 0 amide bonds. The van der Waals surface area contributed by atoms with Gasteiger partial charge in [-0.25, -0.2) is 0 Å². The molecule has 1 aliphatic carbocycles. The third-order valence-corrected chi connectivity index (χ3v) is 5.13. The summed E-state index contributed by atoms with van der Waals surface area (Å²) in [6.45, 7) is 10.9. The molecule has 1 saturated carbocycles. The van der Waals surface area contributed by atoms with Gasteiger partial charge in [0.2, 0.25) is 0 Å². The first-order valence-electron chi connectivity index (χ1n) is 8.35. The molecule has 0 aromatic carbocycles. The Balaban J connectivity index is 1.62. The molecular formula is C16H33N3. The first-order valence-corrected chi connectivity index (χ1v) is 8.35. The topological polar surface area (TPSA) is 18.5 Å². The van der Waals surface area contributed by atoms with E-state index in [1.54, 1.807) is 0 Å². The predicted molar refractivity (Wildman–Crippen MR) is 82.6 cm³/mol. The zero-order valence-corrected chi connectivity index (χ0v) is 13.2. The Kier molecular flexibility index (Phi) is 6.11. The zero-order chi connectivity index (χ0) is 13.7. The molecule has 2 rings (SSSR count). The van der Waals surface area contributed by atoms with Crippen molar-refractivity contribution in [2.45, 2.75) is 58.0 Å². The molecule has 1 heterocycles. The van der Waals surface area contributed by atoms with Crippen molar-refractivity contribution in [1.29, 1.82) is 0 Å². The summed E-state index contributed by atoms with van der Waals surface area (Å²) in [6, 6.07) is 1.56. The molecule has 19 heavy (non-hydrogen) atoms. The maximum atomic E-state index is 3.79. The molecule has 0 radical (unpaired) electrons.